The Morgan fingerprint density at radius 2 is 1.82 bits per heavy atom. The number of hydrogen-bond acceptors (Lipinski definition) is 6. The number of rotatable bonds is 5. The zero-order chi connectivity index (χ0) is 16.5. The highest BCUT2D eigenvalue weighted by molar-refractivity contribution is 5.96. The molecule has 0 unspecified atom stereocenters. The Bertz CT molecular complexity index is 606. The van der Waals surface area contributed by atoms with Crippen LogP contribution in [0.25, 0.3) is 6.08 Å². The second-order valence-electron chi connectivity index (χ2n) is 3.97. The van der Waals surface area contributed by atoms with Crippen LogP contribution < -0.4 is 11.1 Å². The molecule has 0 saturated carbocycles. The van der Waals surface area contributed by atoms with Crippen molar-refractivity contribution in [2.45, 2.75) is 0 Å². The fourth-order valence-electron chi connectivity index (χ4n) is 1.37. The number of imide groups is 1. The van der Waals surface area contributed by atoms with Gasteiger partial charge in [0.1, 0.15) is 0 Å². The van der Waals surface area contributed by atoms with Gasteiger partial charge in [0, 0.05) is 6.08 Å². The van der Waals surface area contributed by atoms with Gasteiger partial charge in [0.25, 0.3) is 5.91 Å². The maximum atomic E-state index is 11.3. The van der Waals surface area contributed by atoms with Gasteiger partial charge in [0.2, 0.25) is 0 Å². The number of hydrogen-bond donors (Lipinski definition) is 2. The molecule has 0 heterocycles. The fourth-order valence-corrected chi connectivity index (χ4v) is 1.37. The predicted octanol–water partition coefficient (Wildman–Crippen LogP) is 0.224. The first-order valence-corrected chi connectivity index (χ1v) is 6.05. The van der Waals surface area contributed by atoms with E-state index in [0.29, 0.717) is 11.1 Å². The zero-order valence-corrected chi connectivity index (χ0v) is 11.7. The molecule has 3 amide bonds. The molecule has 0 spiro atoms. The summed E-state index contributed by atoms with van der Waals surface area (Å²) in [5, 5.41) is 1.75. The number of esters is 2. The van der Waals surface area contributed by atoms with Crippen LogP contribution in [0, 0.1) is 0 Å². The maximum Gasteiger partial charge on any atom is 0.337 e. The third-order valence-corrected chi connectivity index (χ3v) is 2.35. The van der Waals surface area contributed by atoms with E-state index in [1.807, 2.05) is 0 Å². The summed E-state index contributed by atoms with van der Waals surface area (Å²) in [6.07, 6.45) is 2.54. The molecule has 0 aliphatic rings. The molecule has 1 aromatic rings. The van der Waals surface area contributed by atoms with Crippen molar-refractivity contribution in [3.05, 3.63) is 41.5 Å². The number of ether oxygens (including phenoxy) is 2. The molecule has 1 aromatic carbocycles. The van der Waals surface area contributed by atoms with Crippen LogP contribution in [-0.2, 0) is 19.1 Å². The molecule has 3 N–H and O–H groups in total. The van der Waals surface area contributed by atoms with E-state index >= 15 is 0 Å². The lowest BCUT2D eigenvalue weighted by atomic mass is 10.1. The number of nitrogens with one attached hydrogen (secondary N) is 1. The highest BCUT2D eigenvalue weighted by Gasteiger charge is 2.07. The van der Waals surface area contributed by atoms with Crippen molar-refractivity contribution >= 4 is 30.0 Å². The van der Waals surface area contributed by atoms with Crippen LogP contribution in [0.5, 0.6) is 0 Å². The minimum atomic E-state index is -1.03. The van der Waals surface area contributed by atoms with Crippen LogP contribution in [-0.4, -0.2) is 37.6 Å². The minimum absolute atomic E-state index is 0.380. The molecule has 0 atom stereocenters. The number of carbonyl (C=O) groups is 4. The average molecular weight is 306 g/mol. The number of urea groups is 1. The first-order valence-electron chi connectivity index (χ1n) is 6.05. The van der Waals surface area contributed by atoms with Gasteiger partial charge in [0.05, 0.1) is 12.7 Å². The van der Waals surface area contributed by atoms with Gasteiger partial charge < -0.3 is 15.2 Å². The van der Waals surface area contributed by atoms with Crippen molar-refractivity contribution in [1.29, 1.82) is 0 Å². The summed E-state index contributed by atoms with van der Waals surface area (Å²) in [6.45, 7) is -0.618. The Kier molecular flexibility index (Phi) is 6.30. The summed E-state index contributed by atoms with van der Waals surface area (Å²) in [4.78, 5) is 44.0. The molecule has 22 heavy (non-hydrogen) atoms. The van der Waals surface area contributed by atoms with Gasteiger partial charge in [-0.25, -0.2) is 14.4 Å². The van der Waals surface area contributed by atoms with Gasteiger partial charge in [-0.2, -0.15) is 0 Å². The van der Waals surface area contributed by atoms with Gasteiger partial charge in [0.15, 0.2) is 6.61 Å². The predicted molar refractivity (Wildman–Crippen MR) is 75.5 cm³/mol. The summed E-state index contributed by atoms with van der Waals surface area (Å²) in [5.41, 5.74) is 5.74. The molecule has 1 rings (SSSR count). The number of methoxy groups -OCH3 is 1. The lowest BCUT2D eigenvalue weighted by Crippen LogP contribution is -2.37. The largest absolute Gasteiger partial charge is 0.465 e. The molecular weight excluding hydrogens is 292 g/mol. The highest BCUT2D eigenvalue weighted by Crippen LogP contribution is 2.07. The van der Waals surface area contributed by atoms with E-state index in [1.54, 1.807) is 17.4 Å². The molecule has 8 heteroatoms. The van der Waals surface area contributed by atoms with E-state index in [9.17, 15) is 19.2 Å². The molecular formula is C14H14N2O6. The monoisotopic (exact) mass is 306 g/mol. The lowest BCUT2D eigenvalue weighted by Gasteiger charge is -2.01. The Balaban J connectivity index is 2.50. The highest BCUT2D eigenvalue weighted by atomic mass is 16.5. The van der Waals surface area contributed by atoms with Gasteiger partial charge in [-0.1, -0.05) is 12.1 Å². The summed E-state index contributed by atoms with van der Waals surface area (Å²) in [5.74, 6) is -2.05. The molecule has 8 nitrogen and oxygen atoms in total. The van der Waals surface area contributed by atoms with E-state index in [1.165, 1.54) is 25.3 Å². The van der Waals surface area contributed by atoms with Crippen LogP contribution in [0.1, 0.15) is 15.9 Å². The Hall–Kier alpha value is -3.16. The standard InChI is InChI=1S/C14H14N2O6/c1-21-13(19)10-5-2-9(3-6-10)4-7-12(18)22-8-11(17)16-14(15)20/h2-7H,8H2,1H3,(H3,15,16,17,20)/b7-4+. The van der Waals surface area contributed by atoms with Crippen molar-refractivity contribution < 1.29 is 28.7 Å². The Morgan fingerprint density at radius 3 is 2.36 bits per heavy atom. The first kappa shape index (κ1) is 16.9. The van der Waals surface area contributed by atoms with E-state index in [0.717, 1.165) is 6.08 Å². The Labute approximate surface area is 125 Å². The van der Waals surface area contributed by atoms with Gasteiger partial charge in [-0.3, -0.25) is 10.1 Å². The second kappa shape index (κ2) is 8.20. The Morgan fingerprint density at radius 1 is 1.18 bits per heavy atom. The van der Waals surface area contributed by atoms with Crippen molar-refractivity contribution in [1.82, 2.24) is 5.32 Å². The lowest BCUT2D eigenvalue weighted by molar-refractivity contribution is -0.143. The SMILES string of the molecule is COC(=O)c1ccc(/C=C/C(=O)OCC(=O)NC(N)=O)cc1. The van der Waals surface area contributed by atoms with Crippen LogP contribution >= 0.6 is 0 Å². The molecule has 0 fully saturated rings. The topological polar surface area (TPSA) is 125 Å². The third kappa shape index (κ3) is 5.87. The molecule has 0 aromatic heterocycles. The number of primary amides is 1. The minimum Gasteiger partial charge on any atom is -0.465 e. The number of benzene rings is 1. The quantitative estimate of drug-likeness (QED) is 0.592. The third-order valence-electron chi connectivity index (χ3n) is 2.35. The maximum absolute atomic E-state index is 11.3. The molecule has 0 bridgehead atoms. The van der Waals surface area contributed by atoms with E-state index < -0.39 is 30.5 Å². The summed E-state index contributed by atoms with van der Waals surface area (Å²) in [7, 11) is 1.28. The number of carbonyl (C=O) groups excluding carboxylic acids is 4. The van der Waals surface area contributed by atoms with Crippen LogP contribution in [0.2, 0.25) is 0 Å². The summed E-state index contributed by atoms with van der Waals surface area (Å²) >= 11 is 0. The molecule has 0 radical (unpaired) electrons. The number of nitrogens with two attached hydrogens (primary N) is 1. The summed E-state index contributed by atoms with van der Waals surface area (Å²) < 4.78 is 9.14. The zero-order valence-electron chi connectivity index (χ0n) is 11.7. The molecule has 116 valence electrons. The van der Waals surface area contributed by atoms with Crippen molar-refractivity contribution in [3.63, 3.8) is 0 Å². The van der Waals surface area contributed by atoms with E-state index in [2.05, 4.69) is 9.47 Å². The van der Waals surface area contributed by atoms with Crippen molar-refractivity contribution in [2.75, 3.05) is 13.7 Å². The van der Waals surface area contributed by atoms with Gasteiger partial charge in [-0.05, 0) is 23.8 Å². The smallest absolute Gasteiger partial charge is 0.337 e. The van der Waals surface area contributed by atoms with Crippen LogP contribution in [0.3, 0.4) is 0 Å². The summed E-state index contributed by atoms with van der Waals surface area (Å²) in [6, 6.07) is 5.27. The first-order chi connectivity index (χ1) is 10.4. The van der Waals surface area contributed by atoms with Crippen LogP contribution in [0.4, 0.5) is 4.79 Å². The van der Waals surface area contributed by atoms with E-state index in [-0.39, 0.29) is 0 Å². The van der Waals surface area contributed by atoms with Gasteiger partial charge in [-0.15, -0.1) is 0 Å². The molecule has 0 saturated heterocycles. The number of amides is 3. The van der Waals surface area contributed by atoms with E-state index in [4.69, 9.17) is 5.73 Å². The van der Waals surface area contributed by atoms with Crippen LogP contribution in [0.15, 0.2) is 30.3 Å². The van der Waals surface area contributed by atoms with Crippen molar-refractivity contribution in [3.8, 4) is 0 Å². The molecule has 0 aliphatic carbocycles. The van der Waals surface area contributed by atoms with Gasteiger partial charge >= 0.3 is 18.0 Å². The average Bonchev–Trinajstić information content (AvgIpc) is 2.50. The molecule has 0 aliphatic heterocycles. The second-order valence-corrected chi connectivity index (χ2v) is 3.97. The fraction of sp³-hybridized carbons (Fsp3) is 0.143. The van der Waals surface area contributed by atoms with Crippen molar-refractivity contribution in [2.24, 2.45) is 5.73 Å². The normalized spacial score (nSPS) is 10.0.